The molecule has 2 aliphatic rings. The third-order valence-electron chi connectivity index (χ3n) is 4.84. The van der Waals surface area contributed by atoms with Gasteiger partial charge in [0.1, 0.15) is 0 Å². The second-order valence-corrected chi connectivity index (χ2v) is 6.31. The number of ether oxygens (including phenoxy) is 1. The van der Waals surface area contributed by atoms with E-state index in [0.29, 0.717) is 30.8 Å². The van der Waals surface area contributed by atoms with Crippen LogP contribution in [0.2, 0.25) is 0 Å². The molecular formula is C15H26N4O. The molecule has 20 heavy (non-hydrogen) atoms. The molecule has 0 saturated carbocycles. The van der Waals surface area contributed by atoms with Crippen LogP contribution in [0.5, 0.6) is 0 Å². The maximum atomic E-state index is 5.27. The first kappa shape index (κ1) is 13.9. The van der Waals surface area contributed by atoms with Gasteiger partial charge in [-0.25, -0.2) is 4.98 Å². The lowest BCUT2D eigenvalue weighted by Crippen LogP contribution is -2.47. The van der Waals surface area contributed by atoms with Crippen LogP contribution in [0.25, 0.3) is 0 Å². The van der Waals surface area contributed by atoms with E-state index in [9.17, 15) is 0 Å². The van der Waals surface area contributed by atoms with Gasteiger partial charge in [-0.3, -0.25) is 0 Å². The molecule has 3 unspecified atom stereocenters. The topological polar surface area (TPSA) is 42.3 Å². The van der Waals surface area contributed by atoms with Crippen molar-refractivity contribution in [3.05, 3.63) is 12.4 Å². The molecule has 0 amide bonds. The summed E-state index contributed by atoms with van der Waals surface area (Å²) in [6, 6.07) is 2.34. The summed E-state index contributed by atoms with van der Waals surface area (Å²) in [5, 5.41) is 3.70. The SMILES string of the molecule is COCC(C)n1ccnc1N(C)C1CC2CCC(C1)N2. The largest absolute Gasteiger partial charge is 0.383 e. The Morgan fingerprint density at radius 3 is 2.80 bits per heavy atom. The third-order valence-corrected chi connectivity index (χ3v) is 4.84. The van der Waals surface area contributed by atoms with Gasteiger partial charge in [-0.2, -0.15) is 0 Å². The number of hydrogen-bond acceptors (Lipinski definition) is 4. The predicted molar refractivity (Wildman–Crippen MR) is 80.2 cm³/mol. The fraction of sp³-hybridized carbons (Fsp3) is 0.800. The molecule has 3 heterocycles. The number of aromatic nitrogens is 2. The van der Waals surface area contributed by atoms with Gasteiger partial charge < -0.3 is 19.5 Å². The van der Waals surface area contributed by atoms with Crippen LogP contribution >= 0.6 is 0 Å². The highest BCUT2D eigenvalue weighted by Crippen LogP contribution is 2.31. The Morgan fingerprint density at radius 2 is 2.15 bits per heavy atom. The van der Waals surface area contributed by atoms with Crippen molar-refractivity contribution in [2.24, 2.45) is 0 Å². The normalized spacial score (nSPS) is 30.4. The van der Waals surface area contributed by atoms with E-state index in [-0.39, 0.29) is 0 Å². The molecule has 0 aromatic carbocycles. The van der Waals surface area contributed by atoms with Crippen LogP contribution in [0, 0.1) is 0 Å². The summed E-state index contributed by atoms with van der Waals surface area (Å²) >= 11 is 0. The second-order valence-electron chi connectivity index (χ2n) is 6.31. The summed E-state index contributed by atoms with van der Waals surface area (Å²) in [6.07, 6.45) is 9.10. The fourth-order valence-electron chi connectivity index (χ4n) is 3.75. The predicted octanol–water partition coefficient (Wildman–Crippen LogP) is 1.81. The Balaban J connectivity index is 1.74. The Labute approximate surface area is 121 Å². The third kappa shape index (κ3) is 2.56. The summed E-state index contributed by atoms with van der Waals surface area (Å²) < 4.78 is 7.50. The lowest BCUT2D eigenvalue weighted by Gasteiger charge is -2.36. The van der Waals surface area contributed by atoms with Crippen molar-refractivity contribution < 1.29 is 4.74 Å². The maximum Gasteiger partial charge on any atom is 0.205 e. The van der Waals surface area contributed by atoms with Gasteiger partial charge in [-0.15, -0.1) is 0 Å². The smallest absolute Gasteiger partial charge is 0.205 e. The van der Waals surface area contributed by atoms with Crippen molar-refractivity contribution in [3.63, 3.8) is 0 Å². The minimum Gasteiger partial charge on any atom is -0.383 e. The van der Waals surface area contributed by atoms with Crippen LogP contribution in [0.1, 0.15) is 38.6 Å². The molecule has 3 rings (SSSR count). The van der Waals surface area contributed by atoms with E-state index >= 15 is 0 Å². The first-order chi connectivity index (χ1) is 9.69. The van der Waals surface area contributed by atoms with Gasteiger partial charge in [0.05, 0.1) is 12.6 Å². The van der Waals surface area contributed by atoms with E-state index < -0.39 is 0 Å². The molecule has 5 nitrogen and oxygen atoms in total. The highest BCUT2D eigenvalue weighted by Gasteiger charge is 2.36. The molecule has 2 aliphatic heterocycles. The summed E-state index contributed by atoms with van der Waals surface area (Å²) in [6.45, 7) is 2.89. The number of anilines is 1. The molecule has 0 spiro atoms. The van der Waals surface area contributed by atoms with Gasteiger partial charge in [0, 0.05) is 44.7 Å². The van der Waals surface area contributed by atoms with E-state index in [2.05, 4.69) is 39.9 Å². The van der Waals surface area contributed by atoms with Gasteiger partial charge >= 0.3 is 0 Å². The first-order valence-electron chi connectivity index (χ1n) is 7.69. The summed E-state index contributed by atoms with van der Waals surface area (Å²) in [7, 11) is 3.94. The zero-order valence-corrected chi connectivity index (χ0v) is 12.7. The lowest BCUT2D eigenvalue weighted by atomic mass is 9.99. The van der Waals surface area contributed by atoms with Gasteiger partial charge in [0.2, 0.25) is 5.95 Å². The molecule has 3 atom stereocenters. The minimum absolute atomic E-state index is 0.318. The van der Waals surface area contributed by atoms with E-state index in [1.165, 1.54) is 25.7 Å². The van der Waals surface area contributed by atoms with Crippen molar-refractivity contribution in [1.82, 2.24) is 14.9 Å². The number of piperidine rings is 1. The number of rotatable bonds is 5. The maximum absolute atomic E-state index is 5.27. The Kier molecular flexibility index (Phi) is 3.98. The minimum atomic E-state index is 0.318. The van der Waals surface area contributed by atoms with Crippen LogP contribution < -0.4 is 10.2 Å². The Bertz CT molecular complexity index is 435. The molecule has 1 N–H and O–H groups in total. The number of nitrogens with zero attached hydrogens (tertiary/aromatic N) is 3. The van der Waals surface area contributed by atoms with E-state index in [1.807, 2.05) is 6.20 Å². The lowest BCUT2D eigenvalue weighted by molar-refractivity contribution is 0.162. The Hall–Kier alpha value is -1.07. The molecule has 1 aromatic rings. The molecule has 5 heteroatoms. The van der Waals surface area contributed by atoms with Gasteiger partial charge in [-0.05, 0) is 32.6 Å². The molecule has 2 saturated heterocycles. The number of hydrogen-bond donors (Lipinski definition) is 1. The van der Waals surface area contributed by atoms with Gasteiger partial charge in [0.15, 0.2) is 0 Å². The van der Waals surface area contributed by atoms with Crippen molar-refractivity contribution in [2.45, 2.75) is 56.8 Å². The molecule has 2 fully saturated rings. The standard InChI is InChI=1S/C15H26N4O/c1-11(10-20-3)19-7-6-16-15(19)18(2)14-8-12-4-5-13(9-14)17-12/h6-7,11-14,17H,4-5,8-10H2,1-3H3. The summed E-state index contributed by atoms with van der Waals surface area (Å²) in [5.41, 5.74) is 0. The molecule has 112 valence electrons. The van der Waals surface area contributed by atoms with Crippen LogP contribution in [0.3, 0.4) is 0 Å². The number of fused-ring (bicyclic) bond motifs is 2. The van der Waals surface area contributed by atoms with Crippen LogP contribution in [0.15, 0.2) is 12.4 Å². The molecule has 0 radical (unpaired) electrons. The second kappa shape index (κ2) is 5.74. The van der Waals surface area contributed by atoms with Crippen LogP contribution in [-0.4, -0.2) is 48.4 Å². The highest BCUT2D eigenvalue weighted by atomic mass is 16.5. The monoisotopic (exact) mass is 278 g/mol. The molecular weight excluding hydrogens is 252 g/mol. The first-order valence-corrected chi connectivity index (χ1v) is 7.69. The van der Waals surface area contributed by atoms with E-state index in [1.54, 1.807) is 7.11 Å². The number of nitrogens with one attached hydrogen (secondary N) is 1. The average Bonchev–Trinajstić information content (AvgIpc) is 3.05. The zero-order valence-electron chi connectivity index (χ0n) is 12.7. The average molecular weight is 278 g/mol. The van der Waals surface area contributed by atoms with Gasteiger partial charge in [-0.1, -0.05) is 0 Å². The Morgan fingerprint density at radius 1 is 1.45 bits per heavy atom. The molecule has 0 aliphatic carbocycles. The van der Waals surface area contributed by atoms with Crippen molar-refractivity contribution in [1.29, 1.82) is 0 Å². The van der Waals surface area contributed by atoms with Crippen molar-refractivity contribution in [2.75, 3.05) is 25.7 Å². The van der Waals surface area contributed by atoms with Crippen LogP contribution in [0.4, 0.5) is 5.95 Å². The number of imidazole rings is 1. The van der Waals surface area contributed by atoms with Crippen molar-refractivity contribution in [3.8, 4) is 0 Å². The fourth-order valence-corrected chi connectivity index (χ4v) is 3.75. The van der Waals surface area contributed by atoms with Crippen LogP contribution in [-0.2, 0) is 4.74 Å². The highest BCUT2D eigenvalue weighted by molar-refractivity contribution is 5.33. The summed E-state index contributed by atoms with van der Waals surface area (Å²) in [5.74, 6) is 1.07. The van der Waals surface area contributed by atoms with Gasteiger partial charge in [0.25, 0.3) is 0 Å². The van der Waals surface area contributed by atoms with E-state index in [0.717, 1.165) is 5.95 Å². The zero-order chi connectivity index (χ0) is 14.1. The van der Waals surface area contributed by atoms with Crippen molar-refractivity contribution >= 4 is 5.95 Å². The van der Waals surface area contributed by atoms with E-state index in [4.69, 9.17) is 4.74 Å². The number of methoxy groups -OCH3 is 1. The molecule has 1 aromatic heterocycles. The quantitative estimate of drug-likeness (QED) is 0.892. The summed E-state index contributed by atoms with van der Waals surface area (Å²) in [4.78, 5) is 6.95. The molecule has 2 bridgehead atoms.